The van der Waals surface area contributed by atoms with E-state index in [2.05, 4.69) is 5.32 Å². The summed E-state index contributed by atoms with van der Waals surface area (Å²) >= 11 is 0. The fraction of sp³-hybridized carbons (Fsp3) is 0. The van der Waals surface area contributed by atoms with Gasteiger partial charge >= 0.3 is 0 Å². The number of carbonyl (C=O) groups excluding carboxylic acids is 1. The second kappa shape index (κ2) is 6.58. The van der Waals surface area contributed by atoms with Crippen LogP contribution in [0.5, 0.6) is 0 Å². The van der Waals surface area contributed by atoms with Gasteiger partial charge in [-0.05, 0) is 23.3 Å². The van der Waals surface area contributed by atoms with E-state index in [4.69, 9.17) is 0 Å². The first-order valence-corrected chi connectivity index (χ1v) is 7.16. The Labute approximate surface area is 136 Å². The minimum absolute atomic E-state index is 0.277. The zero-order valence-corrected chi connectivity index (χ0v) is 12.4. The zero-order valence-electron chi connectivity index (χ0n) is 12.4. The number of anilines is 1. The lowest BCUT2D eigenvalue weighted by Crippen LogP contribution is -2.13. The molecule has 0 saturated carbocycles. The van der Waals surface area contributed by atoms with Gasteiger partial charge in [0.15, 0.2) is 11.6 Å². The number of hydrogen-bond donors (Lipinski definition) is 1. The SMILES string of the molecule is O=C(Nc1cc(F)c(F)cc1F)c1ccc(-c2ccccc2)cc1. The fourth-order valence-corrected chi connectivity index (χ4v) is 2.26. The highest BCUT2D eigenvalue weighted by Crippen LogP contribution is 2.21. The molecule has 0 aliphatic carbocycles. The van der Waals surface area contributed by atoms with E-state index in [1.807, 2.05) is 30.3 Å². The molecule has 120 valence electrons. The summed E-state index contributed by atoms with van der Waals surface area (Å²) in [7, 11) is 0. The highest BCUT2D eigenvalue weighted by Gasteiger charge is 2.13. The smallest absolute Gasteiger partial charge is 0.255 e. The first kappa shape index (κ1) is 15.8. The van der Waals surface area contributed by atoms with Crippen molar-refractivity contribution in [3.63, 3.8) is 0 Å². The van der Waals surface area contributed by atoms with Gasteiger partial charge in [-0.2, -0.15) is 0 Å². The van der Waals surface area contributed by atoms with Crippen molar-refractivity contribution in [2.45, 2.75) is 0 Å². The van der Waals surface area contributed by atoms with Crippen molar-refractivity contribution >= 4 is 11.6 Å². The molecule has 5 heteroatoms. The summed E-state index contributed by atoms with van der Waals surface area (Å²) in [4.78, 5) is 12.1. The summed E-state index contributed by atoms with van der Waals surface area (Å²) in [6, 6.07) is 17.3. The number of rotatable bonds is 3. The Morgan fingerprint density at radius 1 is 0.708 bits per heavy atom. The van der Waals surface area contributed by atoms with Crippen molar-refractivity contribution in [3.8, 4) is 11.1 Å². The zero-order chi connectivity index (χ0) is 17.1. The van der Waals surface area contributed by atoms with Crippen molar-refractivity contribution in [2.75, 3.05) is 5.32 Å². The van der Waals surface area contributed by atoms with Gasteiger partial charge in [0.25, 0.3) is 5.91 Å². The average molecular weight is 327 g/mol. The second-order valence-electron chi connectivity index (χ2n) is 5.14. The van der Waals surface area contributed by atoms with Crippen LogP contribution in [-0.2, 0) is 0 Å². The van der Waals surface area contributed by atoms with Crippen LogP contribution in [0.2, 0.25) is 0 Å². The molecule has 0 heterocycles. The van der Waals surface area contributed by atoms with Crippen molar-refractivity contribution in [1.29, 1.82) is 0 Å². The maximum absolute atomic E-state index is 13.6. The fourth-order valence-electron chi connectivity index (χ4n) is 2.26. The Balaban J connectivity index is 1.80. The van der Waals surface area contributed by atoms with Crippen molar-refractivity contribution in [1.82, 2.24) is 0 Å². The maximum Gasteiger partial charge on any atom is 0.255 e. The van der Waals surface area contributed by atoms with E-state index in [1.165, 1.54) is 0 Å². The average Bonchev–Trinajstić information content (AvgIpc) is 2.60. The molecule has 0 aliphatic heterocycles. The van der Waals surface area contributed by atoms with Gasteiger partial charge in [0.2, 0.25) is 0 Å². The number of amides is 1. The predicted molar refractivity (Wildman–Crippen MR) is 86.1 cm³/mol. The van der Waals surface area contributed by atoms with Crippen LogP contribution in [0.4, 0.5) is 18.9 Å². The highest BCUT2D eigenvalue weighted by molar-refractivity contribution is 6.04. The lowest BCUT2D eigenvalue weighted by atomic mass is 10.0. The van der Waals surface area contributed by atoms with Crippen LogP contribution in [-0.4, -0.2) is 5.91 Å². The Kier molecular flexibility index (Phi) is 4.33. The lowest BCUT2D eigenvalue weighted by molar-refractivity contribution is 0.102. The lowest BCUT2D eigenvalue weighted by Gasteiger charge is -2.08. The Morgan fingerprint density at radius 3 is 1.96 bits per heavy atom. The molecule has 0 aliphatic rings. The predicted octanol–water partition coefficient (Wildman–Crippen LogP) is 5.02. The van der Waals surface area contributed by atoms with Crippen molar-refractivity contribution < 1.29 is 18.0 Å². The summed E-state index contributed by atoms with van der Waals surface area (Å²) in [5.41, 5.74) is 1.78. The van der Waals surface area contributed by atoms with Gasteiger partial charge in [-0.25, -0.2) is 13.2 Å². The molecule has 0 aromatic heterocycles. The Hall–Kier alpha value is -3.08. The Morgan fingerprint density at radius 2 is 1.29 bits per heavy atom. The summed E-state index contributed by atoms with van der Waals surface area (Å²) in [5, 5.41) is 2.23. The van der Waals surface area contributed by atoms with Crippen LogP contribution < -0.4 is 5.32 Å². The number of hydrogen-bond acceptors (Lipinski definition) is 1. The summed E-state index contributed by atoms with van der Waals surface area (Å²) in [6.07, 6.45) is 0. The van der Waals surface area contributed by atoms with E-state index in [1.54, 1.807) is 24.3 Å². The molecule has 0 saturated heterocycles. The van der Waals surface area contributed by atoms with Crippen LogP contribution in [0.3, 0.4) is 0 Å². The highest BCUT2D eigenvalue weighted by atomic mass is 19.2. The molecule has 3 aromatic carbocycles. The van der Waals surface area contributed by atoms with Crippen LogP contribution >= 0.6 is 0 Å². The Bertz CT molecular complexity index is 877. The third-order valence-electron chi connectivity index (χ3n) is 3.51. The van der Waals surface area contributed by atoms with E-state index >= 15 is 0 Å². The molecule has 1 N–H and O–H groups in total. The summed E-state index contributed by atoms with van der Waals surface area (Å²) in [6.45, 7) is 0. The second-order valence-corrected chi connectivity index (χ2v) is 5.14. The molecule has 2 nitrogen and oxygen atoms in total. The van der Waals surface area contributed by atoms with Crippen molar-refractivity contribution in [2.24, 2.45) is 0 Å². The molecule has 0 atom stereocenters. The topological polar surface area (TPSA) is 29.1 Å². The molecule has 24 heavy (non-hydrogen) atoms. The van der Waals surface area contributed by atoms with Gasteiger partial charge in [0.1, 0.15) is 5.82 Å². The summed E-state index contributed by atoms with van der Waals surface area (Å²) in [5.74, 6) is -4.19. The van der Waals surface area contributed by atoms with Gasteiger partial charge in [0.05, 0.1) is 5.69 Å². The van der Waals surface area contributed by atoms with E-state index in [-0.39, 0.29) is 5.56 Å². The standard InChI is InChI=1S/C19H12F3NO/c20-15-10-17(22)18(11-16(15)21)23-19(24)14-8-6-13(7-9-14)12-4-2-1-3-5-12/h1-11H,(H,23,24). The molecular formula is C19H12F3NO. The molecule has 0 radical (unpaired) electrons. The number of nitrogens with one attached hydrogen (secondary N) is 1. The largest absolute Gasteiger partial charge is 0.319 e. The van der Waals surface area contributed by atoms with Gasteiger partial charge < -0.3 is 5.32 Å². The molecule has 0 bridgehead atoms. The van der Waals surface area contributed by atoms with E-state index in [0.717, 1.165) is 11.1 Å². The van der Waals surface area contributed by atoms with Crippen LogP contribution in [0, 0.1) is 17.5 Å². The minimum Gasteiger partial charge on any atom is -0.319 e. The third kappa shape index (κ3) is 3.30. The molecule has 0 spiro atoms. The van der Waals surface area contributed by atoms with Gasteiger partial charge in [-0.1, -0.05) is 42.5 Å². The van der Waals surface area contributed by atoms with Gasteiger partial charge in [-0.15, -0.1) is 0 Å². The first-order chi connectivity index (χ1) is 11.5. The van der Waals surface area contributed by atoms with Crippen LogP contribution in [0.25, 0.3) is 11.1 Å². The van der Waals surface area contributed by atoms with Gasteiger partial charge in [0, 0.05) is 17.7 Å². The molecule has 3 rings (SSSR count). The quantitative estimate of drug-likeness (QED) is 0.672. The molecule has 3 aromatic rings. The molecule has 0 unspecified atom stereocenters. The van der Waals surface area contributed by atoms with Crippen LogP contribution in [0.15, 0.2) is 66.7 Å². The first-order valence-electron chi connectivity index (χ1n) is 7.16. The van der Waals surface area contributed by atoms with E-state index in [9.17, 15) is 18.0 Å². The minimum atomic E-state index is -1.31. The normalized spacial score (nSPS) is 10.5. The van der Waals surface area contributed by atoms with Gasteiger partial charge in [-0.3, -0.25) is 4.79 Å². The van der Waals surface area contributed by atoms with E-state index in [0.29, 0.717) is 12.1 Å². The summed E-state index contributed by atoms with van der Waals surface area (Å²) < 4.78 is 39.6. The maximum atomic E-state index is 13.6. The van der Waals surface area contributed by atoms with Crippen molar-refractivity contribution in [3.05, 3.63) is 89.7 Å². The van der Waals surface area contributed by atoms with E-state index < -0.39 is 29.0 Å². The molecule has 0 fully saturated rings. The number of halogens is 3. The third-order valence-corrected chi connectivity index (χ3v) is 3.51. The number of carbonyl (C=O) groups is 1. The monoisotopic (exact) mass is 327 g/mol. The van der Waals surface area contributed by atoms with Crippen LogP contribution in [0.1, 0.15) is 10.4 Å². The molecule has 1 amide bonds. The number of benzene rings is 3. The molecular weight excluding hydrogens is 315 g/mol.